The van der Waals surface area contributed by atoms with Gasteiger partial charge in [-0.05, 0) is 30.5 Å². The lowest BCUT2D eigenvalue weighted by atomic mass is 10.1. The first-order chi connectivity index (χ1) is 11.3. The van der Waals surface area contributed by atoms with E-state index in [-0.39, 0.29) is 34.4 Å². The quantitative estimate of drug-likeness (QED) is 0.616. The van der Waals surface area contributed by atoms with E-state index < -0.39 is 27.5 Å². The standard InChI is InChI=1S/C15H16ClFN2O4S/c16-12-2-1-3-13(17)11(12)4-5-14(20)18-19-15(21)8-10-6-7-24(22,23)9-10/h1-5,10H,6-9H2,(H,18,20)(H,19,21)/b5-4+/t10-/m0/s1. The Kier molecular flexibility index (Phi) is 5.95. The van der Waals surface area contributed by atoms with E-state index in [0.717, 1.165) is 6.08 Å². The lowest BCUT2D eigenvalue weighted by Gasteiger charge is -2.08. The fourth-order valence-electron chi connectivity index (χ4n) is 2.35. The highest BCUT2D eigenvalue weighted by molar-refractivity contribution is 7.91. The van der Waals surface area contributed by atoms with E-state index in [0.29, 0.717) is 6.42 Å². The van der Waals surface area contributed by atoms with Crippen molar-refractivity contribution in [1.29, 1.82) is 0 Å². The number of nitrogens with one attached hydrogen (secondary N) is 2. The van der Waals surface area contributed by atoms with Crippen LogP contribution in [0.4, 0.5) is 4.39 Å². The molecule has 1 aromatic rings. The third-order valence-corrected chi connectivity index (χ3v) is 5.69. The number of halogens is 2. The number of carbonyl (C=O) groups excluding carboxylic acids is 2. The van der Waals surface area contributed by atoms with Gasteiger partial charge < -0.3 is 0 Å². The molecular weight excluding hydrogens is 359 g/mol. The van der Waals surface area contributed by atoms with Gasteiger partial charge in [0.15, 0.2) is 9.84 Å². The number of rotatable bonds is 4. The van der Waals surface area contributed by atoms with Crippen LogP contribution in [-0.4, -0.2) is 31.7 Å². The molecule has 0 bridgehead atoms. The van der Waals surface area contributed by atoms with Crippen molar-refractivity contribution in [3.63, 3.8) is 0 Å². The van der Waals surface area contributed by atoms with E-state index in [2.05, 4.69) is 10.9 Å². The molecule has 0 radical (unpaired) electrons. The molecule has 1 aromatic carbocycles. The Hall–Kier alpha value is -1.93. The number of sulfone groups is 1. The summed E-state index contributed by atoms with van der Waals surface area (Å²) in [4.78, 5) is 23.3. The molecule has 2 amide bonds. The average molecular weight is 375 g/mol. The molecule has 130 valence electrons. The summed E-state index contributed by atoms with van der Waals surface area (Å²) in [6.45, 7) is 0. The van der Waals surface area contributed by atoms with E-state index >= 15 is 0 Å². The summed E-state index contributed by atoms with van der Waals surface area (Å²) < 4.78 is 36.1. The number of hydrazine groups is 1. The Morgan fingerprint density at radius 2 is 2.08 bits per heavy atom. The van der Waals surface area contributed by atoms with Crippen molar-refractivity contribution in [3.05, 3.63) is 40.7 Å². The fraction of sp³-hybridized carbons (Fsp3) is 0.333. The summed E-state index contributed by atoms with van der Waals surface area (Å²) >= 11 is 5.82. The predicted molar refractivity (Wildman–Crippen MR) is 88.1 cm³/mol. The summed E-state index contributed by atoms with van der Waals surface area (Å²) in [6.07, 6.45) is 2.69. The Morgan fingerprint density at radius 1 is 1.33 bits per heavy atom. The van der Waals surface area contributed by atoms with Crippen LogP contribution in [0.5, 0.6) is 0 Å². The highest BCUT2D eigenvalue weighted by atomic mass is 35.5. The first-order valence-corrected chi connectivity index (χ1v) is 9.38. The minimum Gasteiger partial charge on any atom is -0.273 e. The van der Waals surface area contributed by atoms with Crippen LogP contribution >= 0.6 is 11.6 Å². The van der Waals surface area contributed by atoms with Crippen LogP contribution in [0.2, 0.25) is 5.02 Å². The van der Waals surface area contributed by atoms with Gasteiger partial charge in [-0.1, -0.05) is 17.7 Å². The van der Waals surface area contributed by atoms with Gasteiger partial charge in [0, 0.05) is 18.1 Å². The second-order valence-corrected chi connectivity index (χ2v) is 8.12. The monoisotopic (exact) mass is 374 g/mol. The van der Waals surface area contributed by atoms with Crippen molar-refractivity contribution in [2.75, 3.05) is 11.5 Å². The fourth-order valence-corrected chi connectivity index (χ4v) is 4.44. The molecule has 0 aliphatic carbocycles. The lowest BCUT2D eigenvalue weighted by molar-refractivity contribution is -0.127. The zero-order valence-electron chi connectivity index (χ0n) is 12.6. The van der Waals surface area contributed by atoms with Gasteiger partial charge in [0.25, 0.3) is 5.91 Å². The molecule has 24 heavy (non-hydrogen) atoms. The largest absolute Gasteiger partial charge is 0.273 e. The Balaban J connectivity index is 1.81. The van der Waals surface area contributed by atoms with Gasteiger partial charge in [0.05, 0.1) is 16.5 Å². The van der Waals surface area contributed by atoms with Crippen molar-refractivity contribution < 1.29 is 22.4 Å². The molecule has 9 heteroatoms. The van der Waals surface area contributed by atoms with Gasteiger partial charge in [-0.2, -0.15) is 0 Å². The molecule has 2 N–H and O–H groups in total. The summed E-state index contributed by atoms with van der Waals surface area (Å²) in [5.41, 5.74) is 4.40. The van der Waals surface area contributed by atoms with Crippen molar-refractivity contribution in [3.8, 4) is 0 Å². The van der Waals surface area contributed by atoms with Crippen LogP contribution in [0.15, 0.2) is 24.3 Å². The summed E-state index contributed by atoms with van der Waals surface area (Å²) in [7, 11) is -3.05. The molecule has 0 saturated carbocycles. The second kappa shape index (κ2) is 7.76. The van der Waals surface area contributed by atoms with Gasteiger partial charge in [-0.15, -0.1) is 0 Å². The molecular formula is C15H16ClFN2O4S. The van der Waals surface area contributed by atoms with Gasteiger partial charge in [0.1, 0.15) is 5.82 Å². The first-order valence-electron chi connectivity index (χ1n) is 7.18. The van der Waals surface area contributed by atoms with E-state index in [4.69, 9.17) is 11.6 Å². The zero-order valence-corrected chi connectivity index (χ0v) is 14.2. The molecule has 0 spiro atoms. The van der Waals surface area contributed by atoms with E-state index in [1.807, 2.05) is 0 Å². The molecule has 2 rings (SSSR count). The van der Waals surface area contributed by atoms with Gasteiger partial charge >= 0.3 is 0 Å². The van der Waals surface area contributed by atoms with Gasteiger partial charge in [-0.25, -0.2) is 12.8 Å². The van der Waals surface area contributed by atoms with Crippen molar-refractivity contribution in [2.24, 2.45) is 5.92 Å². The van der Waals surface area contributed by atoms with Crippen molar-refractivity contribution in [2.45, 2.75) is 12.8 Å². The molecule has 0 unspecified atom stereocenters. The second-order valence-electron chi connectivity index (χ2n) is 5.48. The normalized spacial score (nSPS) is 19.3. The van der Waals surface area contributed by atoms with Crippen LogP contribution in [0.3, 0.4) is 0 Å². The van der Waals surface area contributed by atoms with Crippen LogP contribution in [0.1, 0.15) is 18.4 Å². The predicted octanol–water partition coefficient (Wildman–Crippen LogP) is 1.46. The van der Waals surface area contributed by atoms with Crippen molar-refractivity contribution >= 4 is 39.3 Å². The Bertz CT molecular complexity index is 759. The highest BCUT2D eigenvalue weighted by Crippen LogP contribution is 2.21. The molecule has 6 nitrogen and oxygen atoms in total. The Labute approximate surface area is 144 Å². The maximum atomic E-state index is 13.5. The number of hydrogen-bond acceptors (Lipinski definition) is 4. The maximum Gasteiger partial charge on any atom is 0.262 e. The van der Waals surface area contributed by atoms with Gasteiger partial charge in [0.2, 0.25) is 5.91 Å². The highest BCUT2D eigenvalue weighted by Gasteiger charge is 2.29. The third kappa shape index (κ3) is 5.31. The van der Waals surface area contributed by atoms with Gasteiger partial charge in [-0.3, -0.25) is 20.4 Å². The Morgan fingerprint density at radius 3 is 2.71 bits per heavy atom. The summed E-state index contributed by atoms with van der Waals surface area (Å²) in [5.74, 6) is -1.88. The minimum absolute atomic E-state index is 0.0138. The number of benzene rings is 1. The SMILES string of the molecule is O=C(/C=C/c1c(F)cccc1Cl)NNC(=O)C[C@@H]1CCS(=O)(=O)C1. The maximum absolute atomic E-state index is 13.5. The number of hydrogen-bond donors (Lipinski definition) is 2. The molecule has 1 saturated heterocycles. The molecule has 1 aliphatic heterocycles. The van der Waals surface area contributed by atoms with E-state index in [9.17, 15) is 22.4 Å². The lowest BCUT2D eigenvalue weighted by Crippen LogP contribution is -2.41. The average Bonchev–Trinajstić information content (AvgIpc) is 2.83. The minimum atomic E-state index is -3.05. The zero-order chi connectivity index (χ0) is 17.7. The molecule has 1 fully saturated rings. The topological polar surface area (TPSA) is 92.3 Å². The van der Waals surface area contributed by atoms with Crippen molar-refractivity contribution in [1.82, 2.24) is 10.9 Å². The molecule has 0 aromatic heterocycles. The summed E-state index contributed by atoms with van der Waals surface area (Å²) in [6, 6.07) is 4.14. The third-order valence-electron chi connectivity index (χ3n) is 3.53. The van der Waals surface area contributed by atoms with E-state index in [1.165, 1.54) is 24.3 Å². The molecule has 1 aliphatic rings. The number of carbonyl (C=O) groups is 2. The summed E-state index contributed by atoms with van der Waals surface area (Å²) in [5, 5.41) is 0.158. The molecule has 1 heterocycles. The smallest absolute Gasteiger partial charge is 0.262 e. The van der Waals surface area contributed by atoms with Crippen LogP contribution < -0.4 is 10.9 Å². The number of amides is 2. The van der Waals surface area contributed by atoms with E-state index in [1.54, 1.807) is 0 Å². The molecule has 1 atom stereocenters. The van der Waals surface area contributed by atoms with Crippen LogP contribution in [0.25, 0.3) is 6.08 Å². The van der Waals surface area contributed by atoms with Crippen LogP contribution in [0, 0.1) is 11.7 Å². The first kappa shape index (κ1) is 18.4. The van der Waals surface area contributed by atoms with Crippen LogP contribution in [-0.2, 0) is 19.4 Å².